The maximum absolute atomic E-state index is 13.6. The summed E-state index contributed by atoms with van der Waals surface area (Å²) in [7, 11) is 0. The van der Waals surface area contributed by atoms with Crippen LogP contribution in [0.25, 0.3) is 0 Å². The molecule has 0 heterocycles. The number of anilines is 2. The summed E-state index contributed by atoms with van der Waals surface area (Å²) >= 11 is 3.16. The number of benzene rings is 1. The second kappa shape index (κ2) is 6.12. The number of rotatable bonds is 3. The highest BCUT2D eigenvalue weighted by molar-refractivity contribution is 9.10. The average molecular weight is 329 g/mol. The molecule has 0 amide bonds. The highest BCUT2D eigenvalue weighted by Crippen LogP contribution is 2.34. The quantitative estimate of drug-likeness (QED) is 0.782. The van der Waals surface area contributed by atoms with E-state index in [0.717, 1.165) is 12.1 Å². The van der Waals surface area contributed by atoms with E-state index in [9.17, 15) is 4.39 Å². The van der Waals surface area contributed by atoms with E-state index >= 15 is 0 Å². The Morgan fingerprint density at radius 3 is 2.68 bits per heavy atom. The summed E-state index contributed by atoms with van der Waals surface area (Å²) in [5.74, 6) is 1.01. The summed E-state index contributed by atoms with van der Waals surface area (Å²) in [6, 6.07) is 3.52. The molecule has 1 saturated carbocycles. The van der Waals surface area contributed by atoms with E-state index < -0.39 is 0 Å². The Hall–Kier alpha value is -0.770. The van der Waals surface area contributed by atoms with Gasteiger partial charge in [-0.15, -0.1) is 0 Å². The summed E-state index contributed by atoms with van der Waals surface area (Å²) in [6.45, 7) is 4.52. The number of hydrogen-bond acceptors (Lipinski definition) is 2. The number of halogens is 2. The first kappa shape index (κ1) is 14.6. The van der Waals surface area contributed by atoms with Gasteiger partial charge in [-0.05, 0) is 46.7 Å². The van der Waals surface area contributed by atoms with Gasteiger partial charge in [-0.3, -0.25) is 0 Å². The molecule has 0 saturated heterocycles. The van der Waals surface area contributed by atoms with Gasteiger partial charge in [-0.1, -0.05) is 26.7 Å². The van der Waals surface area contributed by atoms with Crippen LogP contribution in [-0.4, -0.2) is 6.04 Å². The monoisotopic (exact) mass is 328 g/mol. The maximum atomic E-state index is 13.6. The molecule has 1 aliphatic rings. The molecule has 4 heteroatoms. The van der Waals surface area contributed by atoms with Crippen LogP contribution in [0.1, 0.15) is 39.5 Å². The van der Waals surface area contributed by atoms with Crippen molar-refractivity contribution in [3.8, 4) is 0 Å². The zero-order valence-corrected chi connectivity index (χ0v) is 13.1. The Morgan fingerprint density at radius 1 is 1.32 bits per heavy atom. The maximum Gasteiger partial charge on any atom is 0.139 e. The SMILES string of the molecule is CC(C)C1CCCCC1Nc1cc(F)c(Br)cc1N. The lowest BCUT2D eigenvalue weighted by molar-refractivity contribution is 0.254. The Morgan fingerprint density at radius 2 is 2.00 bits per heavy atom. The Labute approximate surface area is 123 Å². The molecule has 1 fully saturated rings. The summed E-state index contributed by atoms with van der Waals surface area (Å²) < 4.78 is 14.0. The zero-order valence-electron chi connectivity index (χ0n) is 11.5. The van der Waals surface area contributed by atoms with Crippen molar-refractivity contribution >= 4 is 27.3 Å². The summed E-state index contributed by atoms with van der Waals surface area (Å²) in [6.07, 6.45) is 4.92. The lowest BCUT2D eigenvalue weighted by atomic mass is 9.77. The van der Waals surface area contributed by atoms with Gasteiger partial charge >= 0.3 is 0 Å². The third-order valence-electron chi connectivity index (χ3n) is 4.11. The van der Waals surface area contributed by atoms with Crippen LogP contribution in [0.15, 0.2) is 16.6 Å². The Kier molecular flexibility index (Phi) is 4.71. The topological polar surface area (TPSA) is 38.0 Å². The minimum Gasteiger partial charge on any atom is -0.397 e. The first-order valence-corrected chi connectivity index (χ1v) is 7.79. The molecule has 1 aliphatic carbocycles. The van der Waals surface area contributed by atoms with Crippen molar-refractivity contribution in [3.05, 3.63) is 22.4 Å². The first-order valence-electron chi connectivity index (χ1n) is 7.00. The van der Waals surface area contributed by atoms with Crippen LogP contribution in [0.3, 0.4) is 0 Å². The molecule has 0 aliphatic heterocycles. The predicted octanol–water partition coefficient (Wildman–Crippen LogP) is 4.80. The van der Waals surface area contributed by atoms with Gasteiger partial charge < -0.3 is 11.1 Å². The normalized spacial score (nSPS) is 23.6. The van der Waals surface area contributed by atoms with Gasteiger partial charge in [-0.25, -0.2) is 4.39 Å². The van der Waals surface area contributed by atoms with Gasteiger partial charge in [0.1, 0.15) is 5.82 Å². The van der Waals surface area contributed by atoms with Crippen LogP contribution >= 0.6 is 15.9 Å². The van der Waals surface area contributed by atoms with Crippen molar-refractivity contribution in [2.45, 2.75) is 45.6 Å². The second-order valence-electron chi connectivity index (χ2n) is 5.80. The number of nitrogen functional groups attached to an aromatic ring is 1. The molecule has 2 rings (SSSR count). The van der Waals surface area contributed by atoms with Crippen molar-refractivity contribution in [1.82, 2.24) is 0 Å². The van der Waals surface area contributed by atoms with Gasteiger partial charge in [0.15, 0.2) is 0 Å². The number of nitrogens with one attached hydrogen (secondary N) is 1. The first-order chi connectivity index (χ1) is 8.99. The Bertz CT molecular complexity index is 448. The van der Waals surface area contributed by atoms with Crippen LogP contribution in [0.4, 0.5) is 15.8 Å². The van der Waals surface area contributed by atoms with Gasteiger partial charge in [0, 0.05) is 12.1 Å². The fourth-order valence-corrected chi connectivity index (χ4v) is 3.38. The van der Waals surface area contributed by atoms with E-state index in [1.54, 1.807) is 6.07 Å². The van der Waals surface area contributed by atoms with E-state index in [4.69, 9.17) is 5.73 Å². The van der Waals surface area contributed by atoms with Gasteiger partial charge in [-0.2, -0.15) is 0 Å². The molecule has 19 heavy (non-hydrogen) atoms. The lowest BCUT2D eigenvalue weighted by Crippen LogP contribution is -2.35. The standard InChI is InChI=1S/C15H22BrFN2/c1-9(2)10-5-3-4-6-14(10)19-15-8-12(17)11(16)7-13(15)18/h7-10,14,19H,3-6,18H2,1-2H3. The van der Waals surface area contributed by atoms with Gasteiger partial charge in [0.05, 0.1) is 15.8 Å². The highest BCUT2D eigenvalue weighted by Gasteiger charge is 2.27. The van der Waals surface area contributed by atoms with Crippen molar-refractivity contribution in [2.24, 2.45) is 11.8 Å². The summed E-state index contributed by atoms with van der Waals surface area (Å²) in [5.41, 5.74) is 7.29. The predicted molar refractivity (Wildman–Crippen MR) is 82.7 cm³/mol. The summed E-state index contributed by atoms with van der Waals surface area (Å²) in [5, 5.41) is 3.46. The zero-order chi connectivity index (χ0) is 14.0. The molecule has 1 aromatic rings. The van der Waals surface area contributed by atoms with Crippen LogP contribution in [-0.2, 0) is 0 Å². The second-order valence-corrected chi connectivity index (χ2v) is 6.65. The molecule has 0 bridgehead atoms. The number of hydrogen-bond donors (Lipinski definition) is 2. The third-order valence-corrected chi connectivity index (χ3v) is 4.72. The number of nitrogens with two attached hydrogens (primary N) is 1. The summed E-state index contributed by atoms with van der Waals surface area (Å²) in [4.78, 5) is 0. The van der Waals surface area contributed by atoms with Crippen molar-refractivity contribution < 1.29 is 4.39 Å². The van der Waals surface area contributed by atoms with Gasteiger partial charge in [0.25, 0.3) is 0 Å². The molecule has 0 radical (unpaired) electrons. The fraction of sp³-hybridized carbons (Fsp3) is 0.600. The van der Waals surface area contributed by atoms with Crippen molar-refractivity contribution in [1.29, 1.82) is 0 Å². The molecular formula is C15H22BrFN2. The molecule has 2 atom stereocenters. The third kappa shape index (κ3) is 3.41. The minimum atomic E-state index is -0.270. The fourth-order valence-electron chi connectivity index (χ4n) is 3.02. The van der Waals surface area contributed by atoms with E-state index in [1.807, 2.05) is 0 Å². The van der Waals surface area contributed by atoms with Crippen LogP contribution in [0.5, 0.6) is 0 Å². The van der Waals surface area contributed by atoms with E-state index in [0.29, 0.717) is 28.0 Å². The molecule has 106 valence electrons. The molecule has 3 N–H and O–H groups in total. The van der Waals surface area contributed by atoms with Gasteiger partial charge in [0.2, 0.25) is 0 Å². The largest absolute Gasteiger partial charge is 0.397 e. The van der Waals surface area contributed by atoms with Crippen molar-refractivity contribution in [3.63, 3.8) is 0 Å². The van der Waals surface area contributed by atoms with Crippen LogP contribution < -0.4 is 11.1 Å². The molecule has 2 nitrogen and oxygen atoms in total. The molecular weight excluding hydrogens is 307 g/mol. The molecule has 0 aromatic heterocycles. The van der Waals surface area contributed by atoms with Crippen molar-refractivity contribution in [2.75, 3.05) is 11.1 Å². The van der Waals surface area contributed by atoms with E-state index in [-0.39, 0.29) is 5.82 Å². The van der Waals surface area contributed by atoms with E-state index in [2.05, 4.69) is 35.1 Å². The average Bonchev–Trinajstić information content (AvgIpc) is 2.36. The minimum absolute atomic E-state index is 0.270. The highest BCUT2D eigenvalue weighted by atomic mass is 79.9. The van der Waals surface area contributed by atoms with Crippen LogP contribution in [0.2, 0.25) is 0 Å². The lowest BCUT2D eigenvalue weighted by Gasteiger charge is -2.35. The van der Waals surface area contributed by atoms with E-state index in [1.165, 1.54) is 25.3 Å². The Balaban J connectivity index is 2.17. The molecule has 0 spiro atoms. The smallest absolute Gasteiger partial charge is 0.139 e. The molecule has 1 aromatic carbocycles. The molecule has 2 unspecified atom stereocenters. The van der Waals surface area contributed by atoms with Crippen LogP contribution in [0, 0.1) is 17.7 Å².